The first-order valence-electron chi connectivity index (χ1n) is 5.04. The number of benzene rings is 1. The van der Waals surface area contributed by atoms with Crippen LogP contribution >= 0.6 is 0 Å². The number of nitrogens with two attached hydrogens (primary N) is 1. The van der Waals surface area contributed by atoms with Gasteiger partial charge in [0.2, 0.25) is 0 Å². The van der Waals surface area contributed by atoms with Crippen molar-refractivity contribution in [3.8, 4) is 0 Å². The Morgan fingerprint density at radius 3 is 2.29 bits per heavy atom. The summed E-state index contributed by atoms with van der Waals surface area (Å²) in [5, 5.41) is 0. The van der Waals surface area contributed by atoms with E-state index in [4.69, 9.17) is 5.73 Å². The van der Waals surface area contributed by atoms with Gasteiger partial charge in [-0.1, -0.05) is 32.9 Å². The number of aryl methyl sites for hydroxylation is 1. The van der Waals surface area contributed by atoms with Gasteiger partial charge in [-0.2, -0.15) is 0 Å². The zero-order valence-corrected chi connectivity index (χ0v) is 9.42. The molecule has 1 rings (SSSR count). The topological polar surface area (TPSA) is 43.1 Å². The van der Waals surface area contributed by atoms with E-state index in [0.717, 1.165) is 12.0 Å². The molecule has 2 heteroatoms. The lowest BCUT2D eigenvalue weighted by Gasteiger charge is -2.03. The minimum Gasteiger partial charge on any atom is -0.398 e. The van der Waals surface area contributed by atoms with Gasteiger partial charge in [0, 0.05) is 11.3 Å². The predicted octanol–water partition coefficient (Wildman–Crippen LogP) is 3.06. The third kappa shape index (κ3) is 3.21. The highest BCUT2D eigenvalue weighted by Crippen LogP contribution is 2.14. The van der Waals surface area contributed by atoms with Crippen LogP contribution in [0.25, 0.3) is 0 Å². The molecule has 0 atom stereocenters. The minimum absolute atomic E-state index is 0.0596. The number of carbonyl (C=O) groups excluding carboxylic acids is 1. The fourth-order valence-corrected chi connectivity index (χ4v) is 1.14. The predicted molar refractivity (Wildman–Crippen MR) is 61.6 cm³/mol. The van der Waals surface area contributed by atoms with Crippen molar-refractivity contribution in [3.63, 3.8) is 0 Å². The van der Waals surface area contributed by atoms with E-state index in [1.165, 1.54) is 0 Å². The molecule has 0 aliphatic heterocycles. The van der Waals surface area contributed by atoms with E-state index in [-0.39, 0.29) is 5.78 Å². The third-order valence-electron chi connectivity index (χ3n) is 1.93. The van der Waals surface area contributed by atoms with Gasteiger partial charge in [0.15, 0.2) is 5.78 Å². The highest BCUT2D eigenvalue weighted by Gasteiger charge is 2.01. The Bertz CT molecular complexity index is 305. The van der Waals surface area contributed by atoms with Crippen molar-refractivity contribution >= 4 is 11.5 Å². The number of rotatable bonds is 2. The molecular formula is C12H19NO. The van der Waals surface area contributed by atoms with E-state index in [1.807, 2.05) is 32.9 Å². The van der Waals surface area contributed by atoms with Crippen molar-refractivity contribution in [2.24, 2.45) is 0 Å². The van der Waals surface area contributed by atoms with Crippen LogP contribution in [0.4, 0.5) is 5.69 Å². The molecule has 2 nitrogen and oxygen atoms in total. The van der Waals surface area contributed by atoms with Gasteiger partial charge in [0.05, 0.1) is 0 Å². The standard InChI is InChI=1S/C10H13NO.C2H6/c1-3-8-4-5-9(7(2)12)6-10(8)11;1-2/h4-6H,3,11H2,1-2H3;1-2H3. The normalized spacial score (nSPS) is 8.86. The Kier molecular flexibility index (Phi) is 5.61. The molecule has 0 aromatic heterocycles. The van der Waals surface area contributed by atoms with Crippen LogP contribution in [-0.4, -0.2) is 5.78 Å². The molecule has 0 heterocycles. The molecule has 2 N–H and O–H groups in total. The Balaban J connectivity index is 0.000000791. The van der Waals surface area contributed by atoms with Gasteiger partial charge in [0.1, 0.15) is 0 Å². The Labute approximate surface area is 86.1 Å². The summed E-state index contributed by atoms with van der Waals surface area (Å²) in [4.78, 5) is 10.9. The van der Waals surface area contributed by atoms with Crippen molar-refractivity contribution < 1.29 is 4.79 Å². The van der Waals surface area contributed by atoms with Crippen molar-refractivity contribution in [1.29, 1.82) is 0 Å². The average Bonchev–Trinajstić information content (AvgIpc) is 2.20. The Morgan fingerprint density at radius 1 is 1.36 bits per heavy atom. The van der Waals surface area contributed by atoms with Gasteiger partial charge in [-0.05, 0) is 25.0 Å². The Hall–Kier alpha value is -1.31. The molecule has 1 aromatic rings. The van der Waals surface area contributed by atoms with Crippen LogP contribution in [0.2, 0.25) is 0 Å². The van der Waals surface area contributed by atoms with Crippen LogP contribution in [0, 0.1) is 0 Å². The number of anilines is 1. The monoisotopic (exact) mass is 193 g/mol. The van der Waals surface area contributed by atoms with Gasteiger partial charge in [-0.25, -0.2) is 0 Å². The maximum absolute atomic E-state index is 10.9. The highest BCUT2D eigenvalue weighted by molar-refractivity contribution is 5.95. The van der Waals surface area contributed by atoms with E-state index < -0.39 is 0 Å². The van der Waals surface area contributed by atoms with Crippen LogP contribution < -0.4 is 5.73 Å². The molecule has 0 radical (unpaired) electrons. The number of nitrogen functional groups attached to an aromatic ring is 1. The molecule has 0 bridgehead atoms. The maximum atomic E-state index is 10.9. The molecule has 0 unspecified atom stereocenters. The molecule has 0 saturated carbocycles. The number of hydrogen-bond donors (Lipinski definition) is 1. The number of Topliss-reactive ketones (excluding diaryl/α,β-unsaturated/α-hetero) is 1. The number of ketones is 1. The van der Waals surface area contributed by atoms with Gasteiger partial charge in [-0.3, -0.25) is 4.79 Å². The highest BCUT2D eigenvalue weighted by atomic mass is 16.1. The zero-order chi connectivity index (χ0) is 11.1. The van der Waals surface area contributed by atoms with Crippen LogP contribution in [0.5, 0.6) is 0 Å². The third-order valence-corrected chi connectivity index (χ3v) is 1.93. The van der Waals surface area contributed by atoms with E-state index in [1.54, 1.807) is 13.0 Å². The van der Waals surface area contributed by atoms with E-state index in [0.29, 0.717) is 11.3 Å². The van der Waals surface area contributed by atoms with Gasteiger partial charge in [0.25, 0.3) is 0 Å². The van der Waals surface area contributed by atoms with Gasteiger partial charge in [-0.15, -0.1) is 0 Å². The van der Waals surface area contributed by atoms with Crippen LogP contribution in [0.3, 0.4) is 0 Å². The number of hydrogen-bond acceptors (Lipinski definition) is 2. The second-order valence-corrected chi connectivity index (χ2v) is 2.82. The summed E-state index contributed by atoms with van der Waals surface area (Å²) < 4.78 is 0. The van der Waals surface area contributed by atoms with Crippen molar-refractivity contribution in [1.82, 2.24) is 0 Å². The van der Waals surface area contributed by atoms with Crippen LogP contribution in [-0.2, 0) is 6.42 Å². The second kappa shape index (κ2) is 6.19. The smallest absolute Gasteiger partial charge is 0.159 e. The zero-order valence-electron chi connectivity index (χ0n) is 9.42. The summed E-state index contributed by atoms with van der Waals surface area (Å²) >= 11 is 0. The summed E-state index contributed by atoms with van der Waals surface area (Å²) in [6.45, 7) is 7.58. The SMILES string of the molecule is CC.CCc1ccc(C(C)=O)cc1N. The molecule has 0 amide bonds. The van der Waals surface area contributed by atoms with Crippen molar-refractivity contribution in [2.45, 2.75) is 34.1 Å². The fourth-order valence-electron chi connectivity index (χ4n) is 1.14. The van der Waals surface area contributed by atoms with Gasteiger partial charge < -0.3 is 5.73 Å². The molecule has 78 valence electrons. The molecule has 14 heavy (non-hydrogen) atoms. The average molecular weight is 193 g/mol. The molecule has 0 aliphatic rings. The summed E-state index contributed by atoms with van der Waals surface area (Å²) in [6.07, 6.45) is 0.907. The van der Waals surface area contributed by atoms with E-state index in [2.05, 4.69) is 0 Å². The molecule has 0 spiro atoms. The Morgan fingerprint density at radius 2 is 1.93 bits per heavy atom. The molecule has 0 aliphatic carbocycles. The summed E-state index contributed by atoms with van der Waals surface area (Å²) in [6, 6.07) is 5.46. The first kappa shape index (κ1) is 12.7. The largest absolute Gasteiger partial charge is 0.398 e. The van der Waals surface area contributed by atoms with Gasteiger partial charge >= 0.3 is 0 Å². The minimum atomic E-state index is 0.0596. The van der Waals surface area contributed by atoms with Crippen molar-refractivity contribution in [2.75, 3.05) is 5.73 Å². The lowest BCUT2D eigenvalue weighted by molar-refractivity contribution is 0.101. The van der Waals surface area contributed by atoms with Crippen LogP contribution in [0.1, 0.15) is 43.6 Å². The first-order valence-corrected chi connectivity index (χ1v) is 5.04. The quantitative estimate of drug-likeness (QED) is 0.579. The second-order valence-electron chi connectivity index (χ2n) is 2.82. The lowest BCUT2D eigenvalue weighted by Crippen LogP contribution is -1.97. The summed E-state index contributed by atoms with van der Waals surface area (Å²) in [7, 11) is 0. The molecule has 0 saturated heterocycles. The number of carbonyl (C=O) groups is 1. The molecule has 1 aromatic carbocycles. The molecular weight excluding hydrogens is 174 g/mol. The first-order chi connectivity index (χ1) is 6.65. The van der Waals surface area contributed by atoms with E-state index in [9.17, 15) is 4.79 Å². The maximum Gasteiger partial charge on any atom is 0.159 e. The summed E-state index contributed by atoms with van der Waals surface area (Å²) in [5.41, 5.74) is 8.21. The summed E-state index contributed by atoms with van der Waals surface area (Å²) in [5.74, 6) is 0.0596. The van der Waals surface area contributed by atoms with Crippen molar-refractivity contribution in [3.05, 3.63) is 29.3 Å². The molecule has 0 fully saturated rings. The van der Waals surface area contributed by atoms with Crippen LogP contribution in [0.15, 0.2) is 18.2 Å². The lowest BCUT2D eigenvalue weighted by atomic mass is 10.1. The fraction of sp³-hybridized carbons (Fsp3) is 0.417. The van der Waals surface area contributed by atoms with E-state index >= 15 is 0 Å².